The van der Waals surface area contributed by atoms with E-state index in [0.29, 0.717) is 20.9 Å². The number of aromatic amines is 1. The van der Waals surface area contributed by atoms with Crippen LogP contribution >= 0.6 is 23.5 Å². The first-order valence-corrected chi connectivity index (χ1v) is 9.96. The van der Waals surface area contributed by atoms with E-state index < -0.39 is 0 Å². The topological polar surface area (TPSA) is 79.2 Å². The van der Waals surface area contributed by atoms with Crippen LogP contribution in [-0.2, 0) is 4.79 Å². The molecule has 0 radical (unpaired) electrons. The van der Waals surface area contributed by atoms with Crippen molar-refractivity contribution in [2.45, 2.75) is 37.1 Å². The first-order chi connectivity index (χ1) is 12.9. The van der Waals surface area contributed by atoms with Crippen LogP contribution in [-0.4, -0.2) is 32.1 Å². The fourth-order valence-corrected chi connectivity index (χ4v) is 4.22. The highest BCUT2D eigenvalue weighted by Crippen LogP contribution is 2.34. The highest BCUT2D eigenvalue weighted by Gasteiger charge is 2.36. The van der Waals surface area contributed by atoms with Crippen molar-refractivity contribution in [2.24, 2.45) is 0 Å². The number of nitrogens with one attached hydrogen (secondary N) is 1. The normalized spacial score (nSPS) is 17.8. The van der Waals surface area contributed by atoms with Crippen molar-refractivity contribution < 1.29 is 14.0 Å². The SMILES string of the molecule is C=C/C=c1/[nH]c(Sc2ccc(/C=C3\SC(=O)N(C(C)C)C3=O)o2)n/c1=C/C. The smallest absolute Gasteiger partial charge is 0.293 e. The molecule has 0 bridgehead atoms. The molecular weight excluding hydrogens is 382 g/mol. The first kappa shape index (κ1) is 19.3. The van der Waals surface area contributed by atoms with Gasteiger partial charge in [0.2, 0.25) is 0 Å². The van der Waals surface area contributed by atoms with Crippen LogP contribution in [0.4, 0.5) is 4.79 Å². The van der Waals surface area contributed by atoms with Crippen LogP contribution in [0.2, 0.25) is 0 Å². The zero-order chi connectivity index (χ0) is 19.6. The lowest BCUT2D eigenvalue weighted by molar-refractivity contribution is -0.123. The Balaban J connectivity index is 1.80. The Morgan fingerprint density at radius 1 is 1.37 bits per heavy atom. The number of nitrogens with zero attached hydrogens (tertiary/aromatic N) is 2. The van der Waals surface area contributed by atoms with Crippen molar-refractivity contribution in [3.05, 3.63) is 46.2 Å². The first-order valence-electron chi connectivity index (χ1n) is 8.32. The highest BCUT2D eigenvalue weighted by molar-refractivity contribution is 8.18. The zero-order valence-corrected chi connectivity index (χ0v) is 16.8. The van der Waals surface area contributed by atoms with Crippen LogP contribution < -0.4 is 10.7 Å². The van der Waals surface area contributed by atoms with Crippen molar-refractivity contribution in [1.82, 2.24) is 14.9 Å². The Bertz CT molecular complexity index is 1050. The van der Waals surface area contributed by atoms with Crippen LogP contribution in [0.1, 0.15) is 26.5 Å². The number of aromatic nitrogens is 2. The zero-order valence-electron chi connectivity index (χ0n) is 15.2. The maximum atomic E-state index is 12.3. The molecule has 140 valence electrons. The Labute approximate surface area is 165 Å². The maximum Gasteiger partial charge on any atom is 0.293 e. The van der Waals surface area contributed by atoms with E-state index in [0.717, 1.165) is 22.5 Å². The molecule has 0 atom stereocenters. The molecule has 3 rings (SSSR count). The van der Waals surface area contributed by atoms with Crippen LogP contribution in [0.15, 0.2) is 44.4 Å². The molecule has 1 aliphatic heterocycles. The lowest BCUT2D eigenvalue weighted by Crippen LogP contribution is -2.34. The number of imide groups is 1. The molecule has 1 N–H and O–H groups in total. The molecule has 3 heterocycles. The number of furan rings is 1. The minimum Gasteiger partial charge on any atom is -0.450 e. The van der Waals surface area contributed by atoms with E-state index in [9.17, 15) is 9.59 Å². The number of allylic oxidation sites excluding steroid dienone is 1. The van der Waals surface area contributed by atoms with Crippen LogP contribution in [0.3, 0.4) is 0 Å². The number of amides is 2. The quantitative estimate of drug-likeness (QED) is 0.774. The van der Waals surface area contributed by atoms with Crippen molar-refractivity contribution in [3.8, 4) is 0 Å². The standard InChI is InChI=1S/C19H19N3O3S2/c1-5-7-14-13(6-2)20-18(21-14)27-16-9-8-12(25-16)10-15-17(23)22(11(3)4)19(24)26-15/h5-11H,1H2,2-4H3,(H,20,21)/b13-6+,14-7+,15-10-. The number of thioether (sulfide) groups is 1. The fraction of sp³-hybridized carbons (Fsp3) is 0.211. The molecule has 0 aliphatic carbocycles. The van der Waals surface area contributed by atoms with Gasteiger partial charge in [0, 0.05) is 12.1 Å². The third-order valence-electron chi connectivity index (χ3n) is 3.71. The van der Waals surface area contributed by atoms with Gasteiger partial charge < -0.3 is 9.40 Å². The van der Waals surface area contributed by atoms with E-state index in [1.807, 2.05) is 32.9 Å². The lowest BCUT2D eigenvalue weighted by atomic mass is 10.3. The summed E-state index contributed by atoms with van der Waals surface area (Å²) in [6.45, 7) is 9.24. The van der Waals surface area contributed by atoms with Crippen molar-refractivity contribution >= 4 is 52.9 Å². The van der Waals surface area contributed by atoms with Crippen molar-refractivity contribution in [2.75, 3.05) is 0 Å². The molecule has 1 fully saturated rings. The van der Waals surface area contributed by atoms with E-state index in [2.05, 4.69) is 16.5 Å². The molecule has 2 amide bonds. The summed E-state index contributed by atoms with van der Waals surface area (Å²) in [4.78, 5) is 33.6. The van der Waals surface area contributed by atoms with E-state index in [1.165, 1.54) is 16.7 Å². The number of carbonyl (C=O) groups excluding carboxylic acids is 2. The van der Waals surface area contributed by atoms with Gasteiger partial charge in [-0.2, -0.15) is 0 Å². The summed E-state index contributed by atoms with van der Waals surface area (Å²) in [5, 5.41) is 2.78. The van der Waals surface area contributed by atoms with Crippen molar-refractivity contribution in [1.29, 1.82) is 0 Å². The van der Waals surface area contributed by atoms with Gasteiger partial charge in [-0.15, -0.1) is 0 Å². The average Bonchev–Trinajstić information content (AvgIpc) is 3.27. The number of hydrogen-bond acceptors (Lipinski definition) is 6. The lowest BCUT2D eigenvalue weighted by Gasteiger charge is -2.16. The van der Waals surface area contributed by atoms with E-state index in [-0.39, 0.29) is 17.2 Å². The minimum absolute atomic E-state index is 0.170. The summed E-state index contributed by atoms with van der Waals surface area (Å²) in [5.74, 6) is 0.225. The van der Waals surface area contributed by atoms with E-state index in [1.54, 1.807) is 24.3 Å². The van der Waals surface area contributed by atoms with Crippen LogP contribution in [0, 0.1) is 0 Å². The van der Waals surface area contributed by atoms with E-state index >= 15 is 0 Å². The van der Waals surface area contributed by atoms with Crippen LogP contribution in [0.25, 0.3) is 18.2 Å². The molecule has 2 aromatic rings. The Morgan fingerprint density at radius 2 is 2.15 bits per heavy atom. The molecule has 27 heavy (non-hydrogen) atoms. The molecule has 0 saturated carbocycles. The molecule has 8 heteroatoms. The summed E-state index contributed by atoms with van der Waals surface area (Å²) < 4.78 is 5.76. The van der Waals surface area contributed by atoms with Gasteiger partial charge in [-0.3, -0.25) is 14.5 Å². The summed E-state index contributed by atoms with van der Waals surface area (Å²) in [6.07, 6.45) is 7.06. The molecule has 0 aromatic carbocycles. The van der Waals surface area contributed by atoms with Gasteiger partial charge in [0.25, 0.3) is 11.1 Å². The Morgan fingerprint density at radius 3 is 2.78 bits per heavy atom. The second-order valence-corrected chi connectivity index (χ2v) is 7.92. The predicted octanol–water partition coefficient (Wildman–Crippen LogP) is 3.37. The number of carbonyl (C=O) groups is 2. The summed E-state index contributed by atoms with van der Waals surface area (Å²) in [5.41, 5.74) is 0. The third kappa shape index (κ3) is 4.12. The molecule has 0 unspecified atom stereocenters. The second kappa shape index (κ2) is 8.06. The number of rotatable bonds is 5. The molecular formula is C19H19N3O3S2. The summed E-state index contributed by atoms with van der Waals surface area (Å²) >= 11 is 2.27. The average molecular weight is 402 g/mol. The van der Waals surface area contributed by atoms with Crippen LogP contribution in [0.5, 0.6) is 0 Å². The van der Waals surface area contributed by atoms with E-state index in [4.69, 9.17) is 4.42 Å². The maximum absolute atomic E-state index is 12.3. The number of imidazole rings is 1. The molecule has 0 spiro atoms. The molecule has 2 aromatic heterocycles. The van der Waals surface area contributed by atoms with Crippen molar-refractivity contribution in [3.63, 3.8) is 0 Å². The summed E-state index contributed by atoms with van der Waals surface area (Å²) in [6, 6.07) is 3.40. The predicted molar refractivity (Wildman–Crippen MR) is 108 cm³/mol. The van der Waals surface area contributed by atoms with Gasteiger partial charge in [0.15, 0.2) is 10.2 Å². The monoisotopic (exact) mass is 401 g/mol. The highest BCUT2D eigenvalue weighted by atomic mass is 32.2. The number of H-pyrrole nitrogens is 1. The summed E-state index contributed by atoms with van der Waals surface area (Å²) in [7, 11) is 0. The molecule has 6 nitrogen and oxygen atoms in total. The van der Waals surface area contributed by atoms with Gasteiger partial charge in [-0.1, -0.05) is 18.7 Å². The van der Waals surface area contributed by atoms with Gasteiger partial charge in [0.1, 0.15) is 5.76 Å². The fourth-order valence-electron chi connectivity index (χ4n) is 2.51. The largest absolute Gasteiger partial charge is 0.450 e. The third-order valence-corrected chi connectivity index (χ3v) is 5.40. The van der Waals surface area contributed by atoms with Gasteiger partial charge in [0.05, 0.1) is 15.6 Å². The second-order valence-electron chi connectivity index (χ2n) is 5.94. The number of hydrogen-bond donors (Lipinski definition) is 1. The molecule has 1 aliphatic rings. The Hall–Kier alpha value is -2.45. The minimum atomic E-state index is -0.288. The van der Waals surface area contributed by atoms with Gasteiger partial charge >= 0.3 is 0 Å². The Kier molecular flexibility index (Phi) is 5.76. The van der Waals surface area contributed by atoms with Gasteiger partial charge in [-0.25, -0.2) is 4.98 Å². The van der Waals surface area contributed by atoms with Gasteiger partial charge in [-0.05, 0) is 62.5 Å². The molecule has 1 saturated heterocycles.